The standard InChI is InChI=1S/C25H27NO4/c1-25(2)14-11-19(23(27)28)22(21(25)12-14)26-24(29)30-13-20-17-9-5-3-7-15(17)16-8-4-6-10-18(16)20/h3-10,14,19-22H,11-13H2,1-2H3,(H,26,29)(H,27,28)/t14-,19+,21-,22-/m0/s1. The number of amides is 1. The van der Waals surface area contributed by atoms with Crippen molar-refractivity contribution in [1.29, 1.82) is 0 Å². The molecule has 2 bridgehead atoms. The molecule has 0 heterocycles. The molecule has 0 saturated heterocycles. The van der Waals surface area contributed by atoms with Crippen LogP contribution in [0.5, 0.6) is 0 Å². The minimum absolute atomic E-state index is 0.00528. The van der Waals surface area contributed by atoms with E-state index in [1.54, 1.807) is 0 Å². The number of ether oxygens (including phenoxy) is 1. The molecule has 0 radical (unpaired) electrons. The van der Waals surface area contributed by atoms with E-state index in [1.165, 1.54) is 11.1 Å². The van der Waals surface area contributed by atoms with E-state index < -0.39 is 18.0 Å². The molecule has 2 aromatic rings. The normalized spacial score (nSPS) is 28.1. The van der Waals surface area contributed by atoms with Gasteiger partial charge in [-0.1, -0.05) is 62.4 Å². The predicted octanol–water partition coefficient (Wildman–Crippen LogP) is 4.66. The molecule has 2 N–H and O–H groups in total. The van der Waals surface area contributed by atoms with Crippen LogP contribution in [0.1, 0.15) is 43.7 Å². The third-order valence-corrected chi connectivity index (χ3v) is 7.90. The van der Waals surface area contributed by atoms with Gasteiger partial charge in [0.15, 0.2) is 0 Å². The van der Waals surface area contributed by atoms with Crippen LogP contribution in [0.3, 0.4) is 0 Å². The van der Waals surface area contributed by atoms with E-state index >= 15 is 0 Å². The monoisotopic (exact) mass is 405 g/mol. The van der Waals surface area contributed by atoms with Gasteiger partial charge in [-0.15, -0.1) is 0 Å². The van der Waals surface area contributed by atoms with Gasteiger partial charge in [0.2, 0.25) is 0 Å². The molecule has 6 rings (SSSR count). The molecule has 0 aromatic heterocycles. The molecule has 156 valence electrons. The Bertz CT molecular complexity index is 968. The fourth-order valence-corrected chi connectivity index (χ4v) is 6.03. The maximum Gasteiger partial charge on any atom is 0.407 e. The van der Waals surface area contributed by atoms with Crippen molar-refractivity contribution in [2.45, 2.75) is 38.6 Å². The van der Waals surface area contributed by atoms with Crippen molar-refractivity contribution in [3.8, 4) is 11.1 Å². The second-order valence-corrected chi connectivity index (χ2v) is 9.54. The minimum Gasteiger partial charge on any atom is -0.481 e. The number of hydrogen-bond donors (Lipinski definition) is 2. The number of rotatable bonds is 4. The Morgan fingerprint density at radius 1 is 1.03 bits per heavy atom. The molecule has 5 heteroatoms. The molecule has 2 aromatic carbocycles. The number of carbonyl (C=O) groups is 2. The van der Waals surface area contributed by atoms with Crippen molar-refractivity contribution in [3.05, 3.63) is 59.7 Å². The van der Waals surface area contributed by atoms with Crippen molar-refractivity contribution in [1.82, 2.24) is 5.32 Å². The number of carboxylic acid groups (broad SMARTS) is 1. The molecule has 0 aliphatic heterocycles. The second kappa shape index (κ2) is 6.86. The number of alkyl carbamates (subject to hydrolysis) is 1. The molecule has 30 heavy (non-hydrogen) atoms. The van der Waals surface area contributed by atoms with Crippen LogP contribution in [0.25, 0.3) is 11.1 Å². The van der Waals surface area contributed by atoms with Gasteiger partial charge in [0, 0.05) is 12.0 Å². The molecule has 0 unspecified atom stereocenters. The summed E-state index contributed by atoms with van der Waals surface area (Å²) >= 11 is 0. The van der Waals surface area contributed by atoms with Crippen LogP contribution in [0, 0.1) is 23.2 Å². The van der Waals surface area contributed by atoms with Gasteiger partial charge in [0.05, 0.1) is 5.92 Å². The van der Waals surface area contributed by atoms with Crippen molar-refractivity contribution in [2.75, 3.05) is 6.61 Å². The first-order valence-electron chi connectivity index (χ1n) is 10.7. The lowest BCUT2D eigenvalue weighted by molar-refractivity contribution is -0.161. The first-order valence-corrected chi connectivity index (χ1v) is 10.7. The summed E-state index contributed by atoms with van der Waals surface area (Å²) in [5.41, 5.74) is 4.75. The summed E-state index contributed by atoms with van der Waals surface area (Å²) in [4.78, 5) is 24.5. The maximum atomic E-state index is 12.7. The van der Waals surface area contributed by atoms with Crippen molar-refractivity contribution in [2.24, 2.45) is 23.2 Å². The molecule has 0 spiro atoms. The Morgan fingerprint density at radius 2 is 1.63 bits per heavy atom. The van der Waals surface area contributed by atoms with Crippen LogP contribution in [-0.4, -0.2) is 29.8 Å². The highest BCUT2D eigenvalue weighted by Crippen LogP contribution is 2.60. The fraction of sp³-hybridized carbons (Fsp3) is 0.440. The van der Waals surface area contributed by atoms with E-state index in [2.05, 4.69) is 43.4 Å². The van der Waals surface area contributed by atoms with E-state index in [4.69, 9.17) is 4.74 Å². The van der Waals surface area contributed by atoms with Crippen LogP contribution in [-0.2, 0) is 9.53 Å². The summed E-state index contributed by atoms with van der Waals surface area (Å²) in [7, 11) is 0. The first-order chi connectivity index (χ1) is 14.4. The highest BCUT2D eigenvalue weighted by atomic mass is 16.5. The van der Waals surface area contributed by atoms with Gasteiger partial charge in [-0.05, 0) is 52.3 Å². The highest BCUT2D eigenvalue weighted by molar-refractivity contribution is 5.79. The molecular formula is C25H27NO4. The number of aliphatic carboxylic acids is 1. The summed E-state index contributed by atoms with van der Waals surface area (Å²) in [6.07, 6.45) is 1.08. The molecule has 5 nitrogen and oxygen atoms in total. The van der Waals surface area contributed by atoms with Gasteiger partial charge in [0.1, 0.15) is 6.61 Å². The van der Waals surface area contributed by atoms with Gasteiger partial charge >= 0.3 is 12.1 Å². The van der Waals surface area contributed by atoms with Gasteiger partial charge in [0.25, 0.3) is 0 Å². The molecule has 1 amide bonds. The Labute approximate surface area is 176 Å². The molecule has 4 atom stereocenters. The summed E-state index contributed by atoms with van der Waals surface area (Å²) in [5, 5.41) is 12.6. The zero-order chi connectivity index (χ0) is 21.0. The third-order valence-electron chi connectivity index (χ3n) is 7.90. The van der Waals surface area contributed by atoms with E-state index in [1.807, 2.05) is 24.3 Å². The van der Waals surface area contributed by atoms with Gasteiger partial charge in [-0.25, -0.2) is 4.79 Å². The van der Waals surface area contributed by atoms with Gasteiger partial charge < -0.3 is 15.2 Å². The third kappa shape index (κ3) is 2.83. The smallest absolute Gasteiger partial charge is 0.407 e. The molecule has 4 aliphatic carbocycles. The lowest BCUT2D eigenvalue weighted by atomic mass is 9.45. The topological polar surface area (TPSA) is 75.6 Å². The Hall–Kier alpha value is -2.82. The minimum atomic E-state index is -0.829. The Balaban J connectivity index is 1.30. The molecule has 4 aliphatic rings. The zero-order valence-electron chi connectivity index (χ0n) is 17.3. The van der Waals surface area contributed by atoms with E-state index in [-0.39, 0.29) is 29.9 Å². The van der Waals surface area contributed by atoms with Crippen LogP contribution < -0.4 is 5.32 Å². The number of fused-ring (bicyclic) bond motifs is 5. The quantitative estimate of drug-likeness (QED) is 0.776. The van der Waals surface area contributed by atoms with Crippen molar-refractivity contribution in [3.63, 3.8) is 0 Å². The number of nitrogens with one attached hydrogen (secondary N) is 1. The van der Waals surface area contributed by atoms with Crippen LogP contribution in [0.4, 0.5) is 4.79 Å². The van der Waals surface area contributed by atoms with E-state index in [0.717, 1.165) is 17.5 Å². The van der Waals surface area contributed by atoms with Gasteiger partial charge in [-0.3, -0.25) is 4.79 Å². The maximum absolute atomic E-state index is 12.7. The Morgan fingerprint density at radius 3 is 2.20 bits per heavy atom. The average molecular weight is 405 g/mol. The lowest BCUT2D eigenvalue weighted by Gasteiger charge is -2.61. The predicted molar refractivity (Wildman–Crippen MR) is 113 cm³/mol. The van der Waals surface area contributed by atoms with Gasteiger partial charge in [-0.2, -0.15) is 0 Å². The average Bonchev–Trinajstić information content (AvgIpc) is 3.05. The second-order valence-electron chi connectivity index (χ2n) is 9.54. The van der Waals surface area contributed by atoms with Crippen LogP contribution in [0.2, 0.25) is 0 Å². The summed E-state index contributed by atoms with van der Waals surface area (Å²) in [5.74, 6) is -0.775. The van der Waals surface area contributed by atoms with Crippen molar-refractivity contribution >= 4 is 12.1 Å². The van der Waals surface area contributed by atoms with E-state index in [9.17, 15) is 14.7 Å². The molecular weight excluding hydrogens is 378 g/mol. The largest absolute Gasteiger partial charge is 0.481 e. The number of hydrogen-bond acceptors (Lipinski definition) is 3. The Kier molecular flexibility index (Phi) is 4.38. The van der Waals surface area contributed by atoms with Crippen molar-refractivity contribution < 1.29 is 19.4 Å². The zero-order valence-corrected chi connectivity index (χ0v) is 17.3. The summed E-state index contributed by atoms with van der Waals surface area (Å²) in [6.45, 7) is 4.59. The lowest BCUT2D eigenvalue weighted by Crippen LogP contribution is -2.64. The fourth-order valence-electron chi connectivity index (χ4n) is 6.03. The SMILES string of the molecule is CC1(C)[C@H]2C[C@@H](C(=O)O)[C@H](NC(=O)OCC3c4ccccc4-c4ccccc43)[C@@H]1C2. The number of benzene rings is 2. The molecule has 3 fully saturated rings. The van der Waals surface area contributed by atoms with E-state index in [0.29, 0.717) is 12.3 Å². The highest BCUT2D eigenvalue weighted by Gasteiger charge is 2.59. The number of carbonyl (C=O) groups excluding carboxylic acids is 1. The first kappa shape index (κ1) is 19.2. The van der Waals surface area contributed by atoms with Crippen LogP contribution >= 0.6 is 0 Å². The summed E-state index contributed by atoms with van der Waals surface area (Å²) < 4.78 is 5.66. The molecule has 3 saturated carbocycles. The number of carboxylic acids is 1. The van der Waals surface area contributed by atoms with Crippen LogP contribution in [0.15, 0.2) is 48.5 Å². The summed E-state index contributed by atoms with van der Waals surface area (Å²) in [6, 6.07) is 16.0.